The van der Waals surface area contributed by atoms with E-state index in [1.54, 1.807) is 30.0 Å². The summed E-state index contributed by atoms with van der Waals surface area (Å²) < 4.78 is 0. The quantitative estimate of drug-likeness (QED) is 0.842. The Labute approximate surface area is 133 Å². The van der Waals surface area contributed by atoms with E-state index in [9.17, 15) is 14.7 Å². The van der Waals surface area contributed by atoms with Crippen LogP contribution in [0.5, 0.6) is 0 Å². The Kier molecular flexibility index (Phi) is 5.70. The van der Waals surface area contributed by atoms with Gasteiger partial charge in [0.2, 0.25) is 5.91 Å². The number of hydrogen-bond acceptors (Lipinski definition) is 4. The Balaban J connectivity index is 1.81. The number of carboxylic acids is 1. The summed E-state index contributed by atoms with van der Waals surface area (Å²) in [5, 5.41) is 14.4. The number of thioether (sulfide) groups is 1. The number of aliphatic carboxylic acids is 1. The number of hydrogen-bond donors (Lipinski definition) is 2. The minimum atomic E-state index is -0.827. The molecule has 1 aromatic heterocycles. The van der Waals surface area contributed by atoms with Crippen molar-refractivity contribution < 1.29 is 14.7 Å². The number of amides is 1. The van der Waals surface area contributed by atoms with E-state index in [4.69, 9.17) is 0 Å². The van der Waals surface area contributed by atoms with Crippen LogP contribution in [0.15, 0.2) is 17.5 Å². The molecule has 1 heterocycles. The van der Waals surface area contributed by atoms with Gasteiger partial charge in [0, 0.05) is 16.7 Å². The Bertz CT molecular complexity index is 489. The average Bonchev–Trinajstić information content (AvgIpc) is 2.94. The molecule has 0 aromatic carbocycles. The first-order chi connectivity index (χ1) is 10.0. The Hall–Kier alpha value is -1.01. The minimum absolute atomic E-state index is 0.0593. The zero-order valence-corrected chi connectivity index (χ0v) is 13.8. The molecule has 2 unspecified atom stereocenters. The second-order valence-electron chi connectivity index (χ2n) is 5.66. The van der Waals surface area contributed by atoms with Gasteiger partial charge in [-0.3, -0.25) is 9.59 Å². The van der Waals surface area contributed by atoms with Crippen LogP contribution in [0.1, 0.15) is 37.5 Å². The molecule has 2 rings (SSSR count). The molecule has 1 aromatic rings. The molecule has 1 saturated carbocycles. The number of nitrogens with one attached hydrogen (secondary N) is 1. The van der Waals surface area contributed by atoms with E-state index in [0.29, 0.717) is 12.2 Å². The van der Waals surface area contributed by atoms with Crippen molar-refractivity contribution in [1.82, 2.24) is 5.32 Å². The van der Waals surface area contributed by atoms with Crippen molar-refractivity contribution in [2.24, 2.45) is 5.41 Å². The predicted octanol–water partition coefficient (Wildman–Crippen LogP) is 3.13. The highest BCUT2D eigenvalue weighted by Crippen LogP contribution is 2.36. The van der Waals surface area contributed by atoms with Gasteiger partial charge in [0.1, 0.15) is 0 Å². The molecule has 1 amide bonds. The van der Waals surface area contributed by atoms with Gasteiger partial charge < -0.3 is 10.4 Å². The van der Waals surface area contributed by atoms with Gasteiger partial charge in [-0.2, -0.15) is 0 Å². The fraction of sp³-hybridized carbons (Fsp3) is 0.600. The maximum Gasteiger partial charge on any atom is 0.311 e. The molecular formula is C15H21NO3S2. The van der Waals surface area contributed by atoms with Crippen LogP contribution in [-0.2, 0) is 15.3 Å². The van der Waals surface area contributed by atoms with Crippen LogP contribution in [0.2, 0.25) is 0 Å². The zero-order chi connectivity index (χ0) is 15.3. The maximum atomic E-state index is 12.0. The molecule has 116 valence electrons. The summed E-state index contributed by atoms with van der Waals surface area (Å²) in [7, 11) is 0. The van der Waals surface area contributed by atoms with E-state index >= 15 is 0 Å². The number of rotatable bonds is 6. The van der Waals surface area contributed by atoms with Crippen LogP contribution in [0.3, 0.4) is 0 Å². The number of thiophene rings is 1. The van der Waals surface area contributed by atoms with E-state index in [0.717, 1.165) is 25.0 Å². The molecular weight excluding hydrogens is 306 g/mol. The van der Waals surface area contributed by atoms with Crippen molar-refractivity contribution in [3.63, 3.8) is 0 Å². The summed E-state index contributed by atoms with van der Waals surface area (Å²) in [4.78, 5) is 24.8. The van der Waals surface area contributed by atoms with Gasteiger partial charge in [0.05, 0.1) is 11.2 Å². The van der Waals surface area contributed by atoms with E-state index in [-0.39, 0.29) is 11.9 Å². The van der Waals surface area contributed by atoms with Crippen LogP contribution in [0.4, 0.5) is 0 Å². The third kappa shape index (κ3) is 4.23. The maximum absolute atomic E-state index is 12.0. The number of carboxylic acid groups (broad SMARTS) is 1. The summed E-state index contributed by atoms with van der Waals surface area (Å²) >= 11 is 3.25. The van der Waals surface area contributed by atoms with Crippen molar-refractivity contribution in [2.75, 3.05) is 5.75 Å². The topological polar surface area (TPSA) is 66.4 Å². The SMILES string of the molecule is CC1(C(=O)O)CCCCC1NC(=O)CSCc1cccs1. The molecule has 0 radical (unpaired) electrons. The van der Waals surface area contributed by atoms with Crippen molar-refractivity contribution in [1.29, 1.82) is 0 Å². The molecule has 0 bridgehead atoms. The summed E-state index contributed by atoms with van der Waals surface area (Å²) in [5.41, 5.74) is -0.827. The molecule has 4 nitrogen and oxygen atoms in total. The molecule has 0 aliphatic heterocycles. The molecule has 6 heteroatoms. The molecule has 0 spiro atoms. The summed E-state index contributed by atoms with van der Waals surface area (Å²) in [6.07, 6.45) is 3.29. The largest absolute Gasteiger partial charge is 0.481 e. The van der Waals surface area contributed by atoms with Crippen LogP contribution in [0, 0.1) is 5.41 Å². The highest BCUT2D eigenvalue weighted by molar-refractivity contribution is 7.99. The molecule has 2 N–H and O–H groups in total. The van der Waals surface area contributed by atoms with E-state index in [1.807, 2.05) is 11.4 Å². The van der Waals surface area contributed by atoms with Crippen LogP contribution in [0.25, 0.3) is 0 Å². The summed E-state index contributed by atoms with van der Waals surface area (Å²) in [6, 6.07) is 3.80. The molecule has 1 aliphatic carbocycles. The van der Waals surface area contributed by atoms with Crippen LogP contribution in [-0.4, -0.2) is 28.8 Å². The monoisotopic (exact) mass is 327 g/mol. The molecule has 1 aliphatic rings. The van der Waals surface area contributed by atoms with Crippen molar-refractivity contribution in [2.45, 2.75) is 44.4 Å². The van der Waals surface area contributed by atoms with Crippen molar-refractivity contribution >= 4 is 35.0 Å². The van der Waals surface area contributed by atoms with Gasteiger partial charge in [-0.15, -0.1) is 23.1 Å². The normalized spacial score (nSPS) is 25.5. The lowest BCUT2D eigenvalue weighted by Gasteiger charge is -2.38. The van der Waals surface area contributed by atoms with Crippen LogP contribution >= 0.6 is 23.1 Å². The molecule has 2 atom stereocenters. The van der Waals surface area contributed by atoms with Gasteiger partial charge in [-0.25, -0.2) is 0 Å². The fourth-order valence-electron chi connectivity index (χ4n) is 2.70. The van der Waals surface area contributed by atoms with E-state index < -0.39 is 11.4 Å². The first kappa shape index (κ1) is 16.4. The van der Waals surface area contributed by atoms with Gasteiger partial charge in [0.25, 0.3) is 0 Å². The number of carbonyl (C=O) groups is 2. The highest BCUT2D eigenvalue weighted by atomic mass is 32.2. The molecule has 21 heavy (non-hydrogen) atoms. The lowest BCUT2D eigenvalue weighted by Crippen LogP contribution is -2.52. The summed E-state index contributed by atoms with van der Waals surface area (Å²) in [5.74, 6) is 0.338. The van der Waals surface area contributed by atoms with Gasteiger partial charge in [0.15, 0.2) is 0 Å². The van der Waals surface area contributed by atoms with Gasteiger partial charge >= 0.3 is 5.97 Å². The van der Waals surface area contributed by atoms with Crippen molar-refractivity contribution in [3.8, 4) is 0 Å². The first-order valence-electron chi connectivity index (χ1n) is 7.15. The Morgan fingerprint density at radius 1 is 1.52 bits per heavy atom. The standard InChI is InChI=1S/C15H21NO3S2/c1-15(14(18)19)7-3-2-6-12(15)16-13(17)10-20-9-11-5-4-8-21-11/h4-5,8,12H,2-3,6-7,9-10H2,1H3,(H,16,17)(H,18,19). The lowest BCUT2D eigenvalue weighted by atomic mass is 9.71. The van der Waals surface area contributed by atoms with E-state index in [1.165, 1.54) is 4.88 Å². The molecule has 0 saturated heterocycles. The number of carbonyl (C=O) groups excluding carboxylic acids is 1. The fourth-order valence-corrected chi connectivity index (χ4v) is 4.38. The average molecular weight is 327 g/mol. The Morgan fingerprint density at radius 2 is 2.33 bits per heavy atom. The second-order valence-corrected chi connectivity index (χ2v) is 7.68. The van der Waals surface area contributed by atoms with Gasteiger partial charge in [-0.05, 0) is 31.2 Å². The first-order valence-corrected chi connectivity index (χ1v) is 9.18. The summed E-state index contributed by atoms with van der Waals surface area (Å²) in [6.45, 7) is 1.75. The minimum Gasteiger partial charge on any atom is -0.481 e. The highest BCUT2D eigenvalue weighted by Gasteiger charge is 2.43. The zero-order valence-electron chi connectivity index (χ0n) is 12.1. The van der Waals surface area contributed by atoms with Gasteiger partial charge in [-0.1, -0.05) is 18.9 Å². The van der Waals surface area contributed by atoms with Crippen molar-refractivity contribution in [3.05, 3.63) is 22.4 Å². The van der Waals surface area contributed by atoms with E-state index in [2.05, 4.69) is 11.4 Å². The third-order valence-corrected chi connectivity index (χ3v) is 6.13. The lowest BCUT2D eigenvalue weighted by molar-refractivity contribution is -0.152. The van der Waals surface area contributed by atoms with Crippen LogP contribution < -0.4 is 5.32 Å². The Morgan fingerprint density at radius 3 is 3.00 bits per heavy atom. The second kappa shape index (κ2) is 7.31. The predicted molar refractivity (Wildman–Crippen MR) is 86.6 cm³/mol. The third-order valence-electron chi connectivity index (χ3n) is 4.09. The smallest absolute Gasteiger partial charge is 0.311 e. The molecule has 1 fully saturated rings.